The van der Waals surface area contributed by atoms with Crippen LogP contribution in [0.15, 0.2) is 10.6 Å². The first-order valence-electron chi connectivity index (χ1n) is 4.38. The van der Waals surface area contributed by atoms with Crippen LogP contribution in [0.5, 0.6) is 0 Å². The molecular weight excluding hydrogens is 168 g/mol. The lowest BCUT2D eigenvalue weighted by Crippen LogP contribution is -2.48. The van der Waals surface area contributed by atoms with E-state index in [4.69, 9.17) is 4.42 Å². The normalized spacial score (nSPS) is 17.2. The second-order valence-corrected chi connectivity index (χ2v) is 3.59. The number of amides is 1. The maximum atomic E-state index is 11.6. The summed E-state index contributed by atoms with van der Waals surface area (Å²) in [6, 6.07) is 0. The highest BCUT2D eigenvalue weighted by atomic mass is 16.4. The zero-order valence-electron chi connectivity index (χ0n) is 7.78. The van der Waals surface area contributed by atoms with Crippen LogP contribution in [0.2, 0.25) is 0 Å². The topological polar surface area (TPSA) is 46.3 Å². The van der Waals surface area contributed by atoms with Gasteiger partial charge in [0.05, 0.1) is 6.20 Å². The average Bonchev–Trinajstić information content (AvgIpc) is 2.45. The van der Waals surface area contributed by atoms with Gasteiger partial charge in [-0.2, -0.15) is 0 Å². The lowest BCUT2D eigenvalue weighted by atomic mass is 10.0. The summed E-state index contributed by atoms with van der Waals surface area (Å²) in [5.41, 5.74) is 0. The first kappa shape index (κ1) is 8.29. The molecular formula is C9H12N2O2. The van der Waals surface area contributed by atoms with Gasteiger partial charge >= 0.3 is 5.91 Å². The number of hydrogen-bond acceptors (Lipinski definition) is 3. The molecule has 0 aliphatic carbocycles. The van der Waals surface area contributed by atoms with Gasteiger partial charge in [0.1, 0.15) is 5.76 Å². The fourth-order valence-corrected chi connectivity index (χ4v) is 1.45. The number of rotatable bonds is 1. The largest absolute Gasteiger partial charge is 0.438 e. The van der Waals surface area contributed by atoms with E-state index in [2.05, 4.69) is 11.9 Å². The van der Waals surface area contributed by atoms with E-state index in [1.165, 1.54) is 0 Å². The van der Waals surface area contributed by atoms with E-state index in [-0.39, 0.29) is 11.8 Å². The van der Waals surface area contributed by atoms with Crippen molar-refractivity contribution in [3.05, 3.63) is 17.8 Å². The van der Waals surface area contributed by atoms with Crippen molar-refractivity contribution in [2.24, 2.45) is 5.92 Å². The number of aromatic nitrogens is 1. The van der Waals surface area contributed by atoms with Crippen molar-refractivity contribution in [2.45, 2.75) is 13.8 Å². The molecule has 0 bridgehead atoms. The van der Waals surface area contributed by atoms with Crippen molar-refractivity contribution >= 4 is 5.91 Å². The van der Waals surface area contributed by atoms with Gasteiger partial charge in [-0.3, -0.25) is 4.79 Å². The predicted octanol–water partition coefficient (Wildman–Crippen LogP) is 1.07. The molecule has 70 valence electrons. The van der Waals surface area contributed by atoms with Crippen LogP contribution in [0, 0.1) is 12.8 Å². The number of carbonyl (C=O) groups is 1. The lowest BCUT2D eigenvalue weighted by molar-refractivity contribution is 0.0488. The van der Waals surface area contributed by atoms with E-state index >= 15 is 0 Å². The van der Waals surface area contributed by atoms with Gasteiger partial charge in [0.25, 0.3) is 5.89 Å². The Balaban J connectivity index is 2.06. The van der Waals surface area contributed by atoms with Crippen molar-refractivity contribution in [1.29, 1.82) is 0 Å². The summed E-state index contributed by atoms with van der Waals surface area (Å²) in [5, 5.41) is 0. The van der Waals surface area contributed by atoms with E-state index < -0.39 is 0 Å². The number of hydrogen-bond donors (Lipinski definition) is 0. The second-order valence-electron chi connectivity index (χ2n) is 3.59. The van der Waals surface area contributed by atoms with Crippen LogP contribution in [0.1, 0.15) is 23.4 Å². The monoisotopic (exact) mass is 180 g/mol. The minimum absolute atomic E-state index is 0.0915. The van der Waals surface area contributed by atoms with E-state index in [1.807, 2.05) is 0 Å². The molecule has 2 heterocycles. The SMILES string of the molecule is Cc1cnc(C(=O)N2CC(C)C2)o1. The fraction of sp³-hybridized carbons (Fsp3) is 0.556. The first-order chi connectivity index (χ1) is 6.16. The highest BCUT2D eigenvalue weighted by Gasteiger charge is 2.30. The third-order valence-electron chi connectivity index (χ3n) is 2.16. The molecule has 0 radical (unpaired) electrons. The Kier molecular flexibility index (Phi) is 1.83. The first-order valence-corrected chi connectivity index (χ1v) is 4.38. The molecule has 4 heteroatoms. The fourth-order valence-electron chi connectivity index (χ4n) is 1.45. The third-order valence-corrected chi connectivity index (χ3v) is 2.16. The molecule has 0 aromatic carbocycles. The molecule has 0 unspecified atom stereocenters. The van der Waals surface area contributed by atoms with Gasteiger partial charge in [-0.15, -0.1) is 0 Å². The molecule has 1 fully saturated rings. The minimum Gasteiger partial charge on any atom is -0.438 e. The average molecular weight is 180 g/mol. The smallest absolute Gasteiger partial charge is 0.309 e. The molecule has 1 aliphatic rings. The summed E-state index contributed by atoms with van der Waals surface area (Å²) < 4.78 is 5.14. The molecule has 1 amide bonds. The number of likely N-dealkylation sites (tertiary alicyclic amines) is 1. The minimum atomic E-state index is -0.0915. The van der Waals surface area contributed by atoms with E-state index in [9.17, 15) is 4.79 Å². The maximum absolute atomic E-state index is 11.6. The number of nitrogens with zero attached hydrogens (tertiary/aromatic N) is 2. The summed E-state index contributed by atoms with van der Waals surface area (Å²) in [6.45, 7) is 5.54. The molecule has 0 atom stereocenters. The molecule has 4 nitrogen and oxygen atoms in total. The van der Waals surface area contributed by atoms with Crippen molar-refractivity contribution in [3.63, 3.8) is 0 Å². The summed E-state index contributed by atoms with van der Waals surface area (Å²) in [5.74, 6) is 1.41. The Hall–Kier alpha value is -1.32. The Bertz CT molecular complexity index is 326. The van der Waals surface area contributed by atoms with Crippen molar-refractivity contribution in [3.8, 4) is 0 Å². The third kappa shape index (κ3) is 1.43. The summed E-state index contributed by atoms with van der Waals surface area (Å²) in [4.78, 5) is 17.2. The van der Waals surface area contributed by atoms with Gasteiger partial charge in [0.15, 0.2) is 0 Å². The van der Waals surface area contributed by atoms with Crippen LogP contribution in [0.3, 0.4) is 0 Å². The van der Waals surface area contributed by atoms with Crippen molar-refractivity contribution in [2.75, 3.05) is 13.1 Å². The zero-order valence-corrected chi connectivity index (χ0v) is 7.78. The van der Waals surface area contributed by atoms with Gasteiger partial charge < -0.3 is 9.32 Å². The molecule has 1 aliphatic heterocycles. The molecule has 0 saturated carbocycles. The van der Waals surface area contributed by atoms with Crippen LogP contribution < -0.4 is 0 Å². The molecule has 13 heavy (non-hydrogen) atoms. The van der Waals surface area contributed by atoms with Crippen molar-refractivity contribution < 1.29 is 9.21 Å². The Morgan fingerprint density at radius 2 is 2.38 bits per heavy atom. The molecule has 0 N–H and O–H groups in total. The van der Waals surface area contributed by atoms with Crippen LogP contribution in [-0.4, -0.2) is 28.9 Å². The van der Waals surface area contributed by atoms with Crippen LogP contribution in [-0.2, 0) is 0 Å². The summed E-state index contributed by atoms with van der Waals surface area (Å²) in [7, 11) is 0. The Morgan fingerprint density at radius 3 is 2.85 bits per heavy atom. The predicted molar refractivity (Wildman–Crippen MR) is 46.3 cm³/mol. The zero-order chi connectivity index (χ0) is 9.42. The van der Waals surface area contributed by atoms with Crippen molar-refractivity contribution in [1.82, 2.24) is 9.88 Å². The molecule has 2 rings (SSSR count). The van der Waals surface area contributed by atoms with E-state index in [0.29, 0.717) is 11.7 Å². The quantitative estimate of drug-likeness (QED) is 0.649. The van der Waals surface area contributed by atoms with E-state index in [1.54, 1.807) is 18.0 Å². The second kappa shape index (κ2) is 2.87. The number of carbonyl (C=O) groups excluding carboxylic acids is 1. The van der Waals surface area contributed by atoms with Gasteiger partial charge in [0.2, 0.25) is 0 Å². The van der Waals surface area contributed by atoms with Gasteiger partial charge in [-0.1, -0.05) is 6.92 Å². The van der Waals surface area contributed by atoms with Gasteiger partial charge in [-0.05, 0) is 12.8 Å². The Morgan fingerprint density at radius 1 is 1.69 bits per heavy atom. The summed E-state index contributed by atoms with van der Waals surface area (Å²) >= 11 is 0. The van der Waals surface area contributed by atoms with Crippen LogP contribution >= 0.6 is 0 Å². The Labute approximate surface area is 76.6 Å². The standard InChI is InChI=1S/C9H12N2O2/c1-6-4-11(5-6)9(12)8-10-3-7(2)13-8/h3,6H,4-5H2,1-2H3. The molecule has 1 saturated heterocycles. The molecule has 1 aromatic heterocycles. The highest BCUT2D eigenvalue weighted by molar-refractivity contribution is 5.90. The van der Waals surface area contributed by atoms with Gasteiger partial charge in [-0.25, -0.2) is 4.98 Å². The molecule has 1 aromatic rings. The summed E-state index contributed by atoms with van der Waals surface area (Å²) in [6.07, 6.45) is 1.57. The van der Waals surface area contributed by atoms with Crippen LogP contribution in [0.4, 0.5) is 0 Å². The van der Waals surface area contributed by atoms with Gasteiger partial charge in [0, 0.05) is 13.1 Å². The van der Waals surface area contributed by atoms with E-state index in [0.717, 1.165) is 13.1 Å². The number of aryl methyl sites for hydroxylation is 1. The highest BCUT2D eigenvalue weighted by Crippen LogP contribution is 2.17. The maximum Gasteiger partial charge on any atom is 0.309 e. The molecule has 0 spiro atoms. The number of oxazole rings is 1. The van der Waals surface area contributed by atoms with Crippen LogP contribution in [0.25, 0.3) is 0 Å². The lowest BCUT2D eigenvalue weighted by Gasteiger charge is -2.36.